The van der Waals surface area contributed by atoms with Crippen molar-refractivity contribution in [1.29, 1.82) is 0 Å². The van der Waals surface area contributed by atoms with Gasteiger partial charge in [-0.1, -0.05) is 11.8 Å². The van der Waals surface area contributed by atoms with Gasteiger partial charge in [-0.25, -0.2) is 13.4 Å². The van der Waals surface area contributed by atoms with Crippen molar-refractivity contribution in [2.45, 2.75) is 21.7 Å². The zero-order valence-corrected chi connectivity index (χ0v) is 12.9. The van der Waals surface area contributed by atoms with E-state index in [9.17, 15) is 18.5 Å². The number of nitro groups is 1. The van der Waals surface area contributed by atoms with Gasteiger partial charge in [0.15, 0.2) is 9.84 Å². The summed E-state index contributed by atoms with van der Waals surface area (Å²) in [6, 6.07) is 8.04. The van der Waals surface area contributed by atoms with Crippen molar-refractivity contribution in [2.75, 3.05) is 6.26 Å². The highest BCUT2D eigenvalue weighted by atomic mass is 32.2. The summed E-state index contributed by atoms with van der Waals surface area (Å²) < 4.78 is 22.7. The number of hydrogen-bond donors (Lipinski definition) is 0. The van der Waals surface area contributed by atoms with Gasteiger partial charge in [0.05, 0.1) is 9.82 Å². The van der Waals surface area contributed by atoms with Crippen molar-refractivity contribution in [3.05, 3.63) is 52.2 Å². The first-order chi connectivity index (χ1) is 9.77. The van der Waals surface area contributed by atoms with Crippen LogP contribution in [0.2, 0.25) is 0 Å². The molecule has 110 valence electrons. The Morgan fingerprint density at radius 3 is 2.33 bits per heavy atom. The second kappa shape index (κ2) is 5.82. The highest BCUT2D eigenvalue weighted by Gasteiger charge is 2.12. The molecule has 2 rings (SSSR count). The molecule has 21 heavy (non-hydrogen) atoms. The van der Waals surface area contributed by atoms with Crippen LogP contribution in [0, 0.1) is 17.0 Å². The largest absolute Gasteiger partial charge is 0.290 e. The number of sulfone groups is 1. The molecule has 0 N–H and O–H groups in total. The molecule has 0 unspecified atom stereocenters. The maximum Gasteiger partial charge on any atom is 0.290 e. The molecule has 0 aliphatic carbocycles. The Labute approximate surface area is 126 Å². The monoisotopic (exact) mass is 324 g/mol. The Balaban J connectivity index is 2.23. The number of hydrogen-bond acceptors (Lipinski definition) is 6. The van der Waals surface area contributed by atoms with Gasteiger partial charge in [0.25, 0.3) is 5.69 Å². The summed E-state index contributed by atoms with van der Waals surface area (Å²) in [5, 5.41) is 11.3. The lowest BCUT2D eigenvalue weighted by molar-refractivity contribution is -0.385. The lowest BCUT2D eigenvalue weighted by atomic mass is 10.3. The first-order valence-electron chi connectivity index (χ1n) is 5.86. The van der Waals surface area contributed by atoms with Crippen molar-refractivity contribution in [3.63, 3.8) is 0 Å². The smallest absolute Gasteiger partial charge is 0.258 e. The molecule has 0 saturated carbocycles. The first-order valence-corrected chi connectivity index (χ1v) is 8.57. The van der Waals surface area contributed by atoms with Crippen molar-refractivity contribution in [3.8, 4) is 0 Å². The molecule has 0 aliphatic heterocycles. The Bertz CT molecular complexity index is 786. The summed E-state index contributed by atoms with van der Waals surface area (Å²) in [5.74, 6) is 0. The molecule has 0 saturated heterocycles. The predicted molar refractivity (Wildman–Crippen MR) is 79.3 cm³/mol. The number of benzene rings is 1. The van der Waals surface area contributed by atoms with Crippen LogP contribution in [0.3, 0.4) is 0 Å². The number of pyridine rings is 1. The fourth-order valence-corrected chi connectivity index (χ4v) is 3.13. The van der Waals surface area contributed by atoms with Gasteiger partial charge in [-0.05, 0) is 37.3 Å². The van der Waals surface area contributed by atoms with Crippen LogP contribution in [0.15, 0.2) is 51.3 Å². The van der Waals surface area contributed by atoms with Crippen LogP contribution in [0.25, 0.3) is 0 Å². The van der Waals surface area contributed by atoms with E-state index >= 15 is 0 Å². The molecule has 1 aromatic heterocycles. The van der Waals surface area contributed by atoms with Crippen LogP contribution >= 0.6 is 11.8 Å². The molecule has 0 fully saturated rings. The van der Waals surface area contributed by atoms with Gasteiger partial charge < -0.3 is 0 Å². The van der Waals surface area contributed by atoms with Gasteiger partial charge in [0.1, 0.15) is 11.2 Å². The van der Waals surface area contributed by atoms with Crippen molar-refractivity contribution in [1.82, 2.24) is 4.98 Å². The Hall–Kier alpha value is -1.93. The first kappa shape index (κ1) is 15.5. The van der Waals surface area contributed by atoms with E-state index in [4.69, 9.17) is 0 Å². The molecule has 0 spiro atoms. The number of aromatic nitrogens is 1. The van der Waals surface area contributed by atoms with E-state index in [2.05, 4.69) is 4.98 Å². The fraction of sp³-hybridized carbons (Fsp3) is 0.154. The average molecular weight is 324 g/mol. The standard InChI is InChI=1S/C13H12N2O4S2/c1-9-7-13(14-8-12(9)15(16)17)20-10-3-5-11(6-4-10)21(2,18)19/h3-8H,1-2H3. The van der Waals surface area contributed by atoms with Crippen LogP contribution in [0.1, 0.15) is 5.56 Å². The summed E-state index contributed by atoms with van der Waals surface area (Å²) >= 11 is 1.31. The molecular formula is C13H12N2O4S2. The topological polar surface area (TPSA) is 90.2 Å². The van der Waals surface area contributed by atoms with E-state index in [-0.39, 0.29) is 10.6 Å². The fourth-order valence-electron chi connectivity index (χ4n) is 1.65. The zero-order chi connectivity index (χ0) is 15.6. The lowest BCUT2D eigenvalue weighted by Crippen LogP contribution is -1.96. The number of nitrogens with zero attached hydrogens (tertiary/aromatic N) is 2. The van der Waals surface area contributed by atoms with E-state index in [1.807, 2.05) is 0 Å². The minimum absolute atomic E-state index is 0.0215. The number of aryl methyl sites for hydroxylation is 1. The van der Waals surface area contributed by atoms with E-state index in [1.165, 1.54) is 30.1 Å². The molecule has 6 nitrogen and oxygen atoms in total. The van der Waals surface area contributed by atoms with Gasteiger partial charge in [-0.15, -0.1) is 0 Å². The van der Waals surface area contributed by atoms with E-state index in [0.29, 0.717) is 10.6 Å². The second-order valence-corrected chi connectivity index (χ2v) is 7.52. The third-order valence-electron chi connectivity index (χ3n) is 2.73. The Morgan fingerprint density at radius 1 is 1.24 bits per heavy atom. The molecule has 0 atom stereocenters. The molecule has 0 amide bonds. The summed E-state index contributed by atoms with van der Waals surface area (Å²) in [6.45, 7) is 1.65. The summed E-state index contributed by atoms with van der Waals surface area (Å²) in [5.41, 5.74) is 0.511. The summed E-state index contributed by atoms with van der Waals surface area (Å²) in [7, 11) is -3.21. The van der Waals surface area contributed by atoms with Crippen molar-refractivity contribution >= 4 is 27.3 Å². The number of rotatable bonds is 4. The third-order valence-corrected chi connectivity index (χ3v) is 4.80. The zero-order valence-electron chi connectivity index (χ0n) is 11.3. The lowest BCUT2D eigenvalue weighted by Gasteiger charge is -2.04. The Kier molecular flexibility index (Phi) is 4.29. The molecule has 0 bridgehead atoms. The highest BCUT2D eigenvalue weighted by molar-refractivity contribution is 7.99. The quantitative estimate of drug-likeness (QED) is 0.634. The van der Waals surface area contributed by atoms with Crippen LogP contribution in [0.5, 0.6) is 0 Å². The van der Waals surface area contributed by atoms with E-state index < -0.39 is 14.8 Å². The molecule has 0 aliphatic rings. The third kappa shape index (κ3) is 3.79. The molecule has 0 radical (unpaired) electrons. The second-order valence-electron chi connectivity index (χ2n) is 4.41. The van der Waals surface area contributed by atoms with E-state index in [1.54, 1.807) is 25.1 Å². The van der Waals surface area contributed by atoms with Crippen molar-refractivity contribution < 1.29 is 13.3 Å². The van der Waals surface area contributed by atoms with Crippen LogP contribution in [-0.4, -0.2) is 24.6 Å². The van der Waals surface area contributed by atoms with Gasteiger partial charge >= 0.3 is 0 Å². The van der Waals surface area contributed by atoms with Gasteiger partial charge in [-0.2, -0.15) is 0 Å². The minimum Gasteiger partial charge on any atom is -0.258 e. The summed E-state index contributed by atoms with van der Waals surface area (Å²) in [6.07, 6.45) is 2.37. The maximum absolute atomic E-state index is 11.4. The maximum atomic E-state index is 11.4. The van der Waals surface area contributed by atoms with Crippen LogP contribution in [-0.2, 0) is 9.84 Å². The average Bonchev–Trinajstić information content (AvgIpc) is 2.38. The Morgan fingerprint density at radius 2 is 1.86 bits per heavy atom. The summed E-state index contributed by atoms with van der Waals surface area (Å²) in [4.78, 5) is 15.3. The predicted octanol–water partition coefficient (Wildman–Crippen LogP) is 2.85. The molecule has 2 aromatic rings. The van der Waals surface area contributed by atoms with Crippen molar-refractivity contribution in [2.24, 2.45) is 0 Å². The molecule has 1 heterocycles. The highest BCUT2D eigenvalue weighted by Crippen LogP contribution is 2.29. The van der Waals surface area contributed by atoms with E-state index in [0.717, 1.165) is 11.2 Å². The van der Waals surface area contributed by atoms with Crippen LogP contribution in [0.4, 0.5) is 5.69 Å². The molecular weight excluding hydrogens is 312 g/mol. The SMILES string of the molecule is Cc1cc(Sc2ccc(S(C)(=O)=O)cc2)ncc1[N+](=O)[O-]. The van der Waals surface area contributed by atoms with Gasteiger partial charge in [0.2, 0.25) is 0 Å². The van der Waals surface area contributed by atoms with Gasteiger partial charge in [-0.3, -0.25) is 10.1 Å². The van der Waals surface area contributed by atoms with Crippen LogP contribution < -0.4 is 0 Å². The minimum atomic E-state index is -3.21. The van der Waals surface area contributed by atoms with Gasteiger partial charge in [0, 0.05) is 16.7 Å². The normalized spacial score (nSPS) is 11.3. The molecule has 8 heteroatoms. The molecule has 1 aromatic carbocycles.